The van der Waals surface area contributed by atoms with Gasteiger partial charge in [-0.05, 0) is 43.3 Å². The summed E-state index contributed by atoms with van der Waals surface area (Å²) in [5.41, 5.74) is 3.42. The highest BCUT2D eigenvalue weighted by atomic mass is 79.9. The molecule has 0 fully saturated rings. The minimum atomic E-state index is 0.859. The fourth-order valence-electron chi connectivity index (χ4n) is 2.08. The van der Waals surface area contributed by atoms with Gasteiger partial charge in [0.2, 0.25) is 0 Å². The Morgan fingerprint density at radius 2 is 1.43 bits per heavy atom. The molecule has 0 spiro atoms. The average molecular weight is 340 g/mol. The highest BCUT2D eigenvalue weighted by Crippen LogP contribution is 2.29. The predicted octanol–water partition coefficient (Wildman–Crippen LogP) is 6.19. The van der Waals surface area contributed by atoms with Crippen LogP contribution in [0.1, 0.15) is 6.92 Å². The molecule has 0 bridgehead atoms. The van der Waals surface area contributed by atoms with Crippen LogP contribution in [0, 0.1) is 0 Å². The van der Waals surface area contributed by atoms with Gasteiger partial charge in [0, 0.05) is 21.6 Å². The van der Waals surface area contributed by atoms with Crippen molar-refractivity contribution in [1.82, 2.24) is 0 Å². The van der Waals surface area contributed by atoms with Gasteiger partial charge < -0.3 is 4.90 Å². The molecule has 0 heterocycles. The summed E-state index contributed by atoms with van der Waals surface area (Å²) in [5, 5.41) is 0. The molecule has 0 aliphatic heterocycles. The van der Waals surface area contributed by atoms with Gasteiger partial charge in [-0.3, -0.25) is 0 Å². The highest BCUT2D eigenvalue weighted by Gasteiger charge is 2.09. The van der Waals surface area contributed by atoms with Gasteiger partial charge in [0.05, 0.1) is 0 Å². The Hall–Kier alpha value is -2.06. The molecule has 0 aliphatic carbocycles. The number of hydrogen-bond acceptors (Lipinski definition) is 1. The molecule has 0 aliphatic rings. The molecule has 21 heavy (non-hydrogen) atoms. The van der Waals surface area contributed by atoms with Gasteiger partial charge in [-0.2, -0.15) is 0 Å². The smallest absolute Gasteiger partial charge is 0.0458 e. The second-order valence-corrected chi connectivity index (χ2v) is 5.64. The van der Waals surface area contributed by atoms with E-state index in [9.17, 15) is 0 Å². The van der Waals surface area contributed by atoms with Crippen LogP contribution in [0.5, 0.6) is 0 Å². The first-order valence-electron chi connectivity index (χ1n) is 6.78. The number of halogens is 1. The first kappa shape index (κ1) is 15.3. The van der Waals surface area contributed by atoms with E-state index in [2.05, 4.69) is 88.9 Å². The molecular formula is C19H18BrN. The zero-order chi connectivity index (χ0) is 15.1. The van der Waals surface area contributed by atoms with Gasteiger partial charge in [0.25, 0.3) is 0 Å². The Morgan fingerprint density at radius 1 is 0.952 bits per heavy atom. The van der Waals surface area contributed by atoms with E-state index in [0.717, 1.165) is 21.6 Å². The summed E-state index contributed by atoms with van der Waals surface area (Å²) in [6.07, 6.45) is 6.00. The average Bonchev–Trinajstić information content (AvgIpc) is 2.49. The zero-order valence-corrected chi connectivity index (χ0v) is 13.6. The molecule has 106 valence electrons. The van der Waals surface area contributed by atoms with E-state index in [4.69, 9.17) is 0 Å². The first-order valence-corrected chi connectivity index (χ1v) is 7.57. The molecule has 0 saturated carbocycles. The summed E-state index contributed by atoms with van der Waals surface area (Å²) in [7, 11) is 0. The van der Waals surface area contributed by atoms with E-state index in [1.165, 1.54) is 0 Å². The number of benzene rings is 2. The standard InChI is InChI=1S/C19H18BrN/c1-16(20)10-9-11-17(2)21(18-12-5-3-6-13-18)19-14-7-4-8-15-19/h3-15H,1H2,2H3/b10-9-,17-11+. The third kappa shape index (κ3) is 4.47. The second kappa shape index (κ2) is 7.65. The lowest BCUT2D eigenvalue weighted by Gasteiger charge is -2.25. The molecule has 0 unspecified atom stereocenters. The Bertz CT molecular complexity index is 602. The minimum absolute atomic E-state index is 0.859. The molecule has 0 atom stereocenters. The molecule has 2 aromatic rings. The number of nitrogens with zero attached hydrogens (tertiary/aromatic N) is 1. The van der Waals surface area contributed by atoms with Crippen molar-refractivity contribution in [2.24, 2.45) is 0 Å². The summed E-state index contributed by atoms with van der Waals surface area (Å²) in [6, 6.07) is 20.7. The molecule has 2 aromatic carbocycles. The topological polar surface area (TPSA) is 3.24 Å². The van der Waals surface area contributed by atoms with Crippen LogP contribution in [0.3, 0.4) is 0 Å². The van der Waals surface area contributed by atoms with E-state index in [1.807, 2.05) is 24.3 Å². The summed E-state index contributed by atoms with van der Waals surface area (Å²) in [4.78, 5) is 2.22. The largest absolute Gasteiger partial charge is 0.315 e. The molecular weight excluding hydrogens is 322 g/mol. The predicted molar refractivity (Wildman–Crippen MR) is 96.0 cm³/mol. The van der Waals surface area contributed by atoms with E-state index < -0.39 is 0 Å². The number of rotatable bonds is 5. The van der Waals surface area contributed by atoms with Crippen LogP contribution < -0.4 is 4.90 Å². The SMILES string of the molecule is C=C(Br)/C=C\C=C(/C)N(c1ccccc1)c1ccccc1. The zero-order valence-electron chi connectivity index (χ0n) is 12.0. The molecule has 0 aromatic heterocycles. The lowest BCUT2D eigenvalue weighted by molar-refractivity contribution is 1.16. The molecule has 0 amide bonds. The fraction of sp³-hybridized carbons (Fsp3) is 0.0526. The maximum Gasteiger partial charge on any atom is 0.0458 e. The monoisotopic (exact) mass is 339 g/mol. The van der Waals surface area contributed by atoms with E-state index in [1.54, 1.807) is 0 Å². The van der Waals surface area contributed by atoms with Crippen molar-refractivity contribution in [3.63, 3.8) is 0 Å². The molecule has 2 heteroatoms. The van der Waals surface area contributed by atoms with Gasteiger partial charge in [-0.15, -0.1) is 0 Å². The van der Waals surface area contributed by atoms with Crippen LogP contribution in [0.15, 0.2) is 95.7 Å². The van der Waals surface area contributed by atoms with Crippen molar-refractivity contribution < 1.29 is 0 Å². The number of anilines is 2. The van der Waals surface area contributed by atoms with Gasteiger partial charge in [0.1, 0.15) is 0 Å². The summed E-state index contributed by atoms with van der Waals surface area (Å²) < 4.78 is 0.859. The van der Waals surface area contributed by atoms with E-state index >= 15 is 0 Å². The minimum Gasteiger partial charge on any atom is -0.315 e. The van der Waals surface area contributed by atoms with Crippen molar-refractivity contribution in [3.8, 4) is 0 Å². The third-order valence-corrected chi connectivity index (χ3v) is 3.26. The van der Waals surface area contributed by atoms with Crippen LogP contribution in [0.4, 0.5) is 11.4 Å². The maximum atomic E-state index is 3.80. The van der Waals surface area contributed by atoms with Crippen LogP contribution in [-0.4, -0.2) is 0 Å². The van der Waals surface area contributed by atoms with Crippen LogP contribution in [0.25, 0.3) is 0 Å². The lowest BCUT2D eigenvalue weighted by atomic mass is 10.2. The summed E-state index contributed by atoms with van der Waals surface area (Å²) in [6.45, 7) is 5.90. The Morgan fingerprint density at radius 3 is 1.86 bits per heavy atom. The summed E-state index contributed by atoms with van der Waals surface area (Å²) >= 11 is 3.33. The highest BCUT2D eigenvalue weighted by molar-refractivity contribution is 9.11. The van der Waals surface area contributed by atoms with Crippen molar-refractivity contribution >= 4 is 27.3 Å². The molecule has 2 rings (SSSR count). The number of para-hydroxylation sites is 2. The Labute approximate surface area is 135 Å². The van der Waals surface area contributed by atoms with Crippen LogP contribution >= 0.6 is 15.9 Å². The second-order valence-electron chi connectivity index (χ2n) is 4.62. The maximum absolute atomic E-state index is 3.80. The van der Waals surface area contributed by atoms with Gasteiger partial charge >= 0.3 is 0 Å². The van der Waals surface area contributed by atoms with Crippen molar-refractivity contribution in [2.45, 2.75) is 6.92 Å². The Balaban J connectivity index is 2.40. The van der Waals surface area contributed by atoms with Crippen molar-refractivity contribution in [1.29, 1.82) is 0 Å². The Kier molecular flexibility index (Phi) is 5.59. The van der Waals surface area contributed by atoms with E-state index in [0.29, 0.717) is 0 Å². The normalized spacial score (nSPS) is 11.6. The molecule has 0 radical (unpaired) electrons. The lowest BCUT2D eigenvalue weighted by Crippen LogP contribution is -2.13. The van der Waals surface area contributed by atoms with Crippen LogP contribution in [0.2, 0.25) is 0 Å². The third-order valence-electron chi connectivity index (χ3n) is 3.00. The molecule has 1 nitrogen and oxygen atoms in total. The molecule has 0 saturated heterocycles. The number of hydrogen-bond donors (Lipinski definition) is 0. The van der Waals surface area contributed by atoms with Gasteiger partial charge in [0.15, 0.2) is 0 Å². The van der Waals surface area contributed by atoms with Gasteiger partial charge in [-0.1, -0.05) is 65.0 Å². The summed E-state index contributed by atoms with van der Waals surface area (Å²) in [5.74, 6) is 0. The molecule has 0 N–H and O–H groups in total. The number of allylic oxidation sites excluding steroid dienone is 5. The van der Waals surface area contributed by atoms with Crippen molar-refractivity contribution in [2.75, 3.05) is 4.90 Å². The quantitative estimate of drug-likeness (QED) is 0.586. The van der Waals surface area contributed by atoms with Crippen LogP contribution in [-0.2, 0) is 0 Å². The van der Waals surface area contributed by atoms with E-state index in [-0.39, 0.29) is 0 Å². The first-order chi connectivity index (χ1) is 10.2. The van der Waals surface area contributed by atoms with Gasteiger partial charge in [-0.25, -0.2) is 0 Å². The fourth-order valence-corrected chi connectivity index (χ4v) is 2.23. The van der Waals surface area contributed by atoms with Crippen molar-refractivity contribution in [3.05, 3.63) is 95.7 Å².